The van der Waals surface area contributed by atoms with Gasteiger partial charge in [-0.15, -0.1) is 11.3 Å². The van der Waals surface area contributed by atoms with E-state index >= 15 is 0 Å². The highest BCUT2D eigenvalue weighted by molar-refractivity contribution is 7.14. The van der Waals surface area contributed by atoms with E-state index in [1.165, 1.54) is 35.3 Å². The maximum absolute atomic E-state index is 12.3. The van der Waals surface area contributed by atoms with E-state index in [0.717, 1.165) is 18.1 Å². The normalized spacial score (nSPS) is 10.5. The molecule has 0 bridgehead atoms. The van der Waals surface area contributed by atoms with Crippen molar-refractivity contribution in [3.8, 4) is 0 Å². The number of aryl methyl sites for hydroxylation is 1. The first-order valence-corrected chi connectivity index (χ1v) is 10.5. The van der Waals surface area contributed by atoms with Crippen LogP contribution >= 0.6 is 22.9 Å². The fourth-order valence-corrected chi connectivity index (χ4v) is 3.83. The molecule has 31 heavy (non-hydrogen) atoms. The zero-order valence-electron chi connectivity index (χ0n) is 16.7. The first-order valence-electron chi connectivity index (χ1n) is 9.25. The Balaban J connectivity index is 1.72. The van der Waals surface area contributed by atoms with E-state index in [-0.39, 0.29) is 28.8 Å². The first kappa shape index (κ1) is 22.4. The van der Waals surface area contributed by atoms with Crippen LogP contribution < -0.4 is 4.90 Å². The molecule has 1 aromatic heterocycles. The Hall–Kier alpha value is -3.30. The minimum atomic E-state index is -0.743. The third kappa shape index (κ3) is 5.25. The van der Waals surface area contributed by atoms with Crippen molar-refractivity contribution in [1.82, 2.24) is 4.98 Å². The number of rotatable bonds is 7. The Bertz CT molecular complexity index is 1130. The third-order valence-electron chi connectivity index (χ3n) is 4.38. The Morgan fingerprint density at radius 1 is 1.23 bits per heavy atom. The quantitative estimate of drug-likeness (QED) is 0.269. The lowest BCUT2D eigenvalue weighted by molar-refractivity contribution is -0.384. The molecule has 0 radical (unpaired) electrons. The molecule has 0 N–H and O–H groups in total. The van der Waals surface area contributed by atoms with Crippen LogP contribution in [0.5, 0.6) is 0 Å². The molecular formula is C21H18ClN3O5S. The molecule has 2 aromatic carbocycles. The molecule has 0 fully saturated rings. The van der Waals surface area contributed by atoms with Crippen molar-refractivity contribution in [1.29, 1.82) is 0 Å². The maximum atomic E-state index is 12.3. The lowest BCUT2D eigenvalue weighted by Crippen LogP contribution is -2.22. The molecule has 3 aromatic rings. The SMILES string of the molecule is CCc1ccc(N(C(C)=O)c2nc(COC(=O)c3ccc(Cl)c([N+](=O)[O-])c3)cs2)cc1. The van der Waals surface area contributed by atoms with E-state index in [1.807, 2.05) is 31.2 Å². The van der Waals surface area contributed by atoms with Gasteiger partial charge in [0.25, 0.3) is 5.69 Å². The van der Waals surface area contributed by atoms with Gasteiger partial charge in [0.1, 0.15) is 11.6 Å². The van der Waals surface area contributed by atoms with Crippen molar-refractivity contribution >= 4 is 51.3 Å². The van der Waals surface area contributed by atoms with Crippen LogP contribution in [0.3, 0.4) is 0 Å². The standard InChI is InChI=1S/C21H18ClN3O5S/c1-3-14-4-7-17(8-5-14)24(13(2)26)21-23-16(12-31-21)11-30-20(27)15-6-9-18(22)19(10-15)25(28)29/h4-10,12H,3,11H2,1-2H3. The number of nitro benzene ring substituents is 1. The summed E-state index contributed by atoms with van der Waals surface area (Å²) in [4.78, 5) is 40.7. The fourth-order valence-electron chi connectivity index (χ4n) is 2.78. The number of carbonyl (C=O) groups is 2. The average Bonchev–Trinajstić information content (AvgIpc) is 3.21. The van der Waals surface area contributed by atoms with Crippen LogP contribution in [0, 0.1) is 10.1 Å². The molecule has 0 aliphatic carbocycles. The summed E-state index contributed by atoms with van der Waals surface area (Å²) in [6.07, 6.45) is 0.893. The topological polar surface area (TPSA) is 103 Å². The van der Waals surface area contributed by atoms with E-state index in [0.29, 0.717) is 16.5 Å². The Labute approximate surface area is 187 Å². The van der Waals surface area contributed by atoms with Crippen molar-refractivity contribution in [2.45, 2.75) is 26.9 Å². The van der Waals surface area contributed by atoms with Gasteiger partial charge in [0, 0.05) is 18.4 Å². The summed E-state index contributed by atoms with van der Waals surface area (Å²) in [6.45, 7) is 3.35. The van der Waals surface area contributed by atoms with Gasteiger partial charge in [0.05, 0.1) is 21.9 Å². The number of amides is 1. The lowest BCUT2D eigenvalue weighted by atomic mass is 10.1. The molecule has 10 heteroatoms. The maximum Gasteiger partial charge on any atom is 0.338 e. The minimum absolute atomic E-state index is 0.00734. The minimum Gasteiger partial charge on any atom is -0.456 e. The van der Waals surface area contributed by atoms with Crippen LogP contribution in [-0.4, -0.2) is 21.8 Å². The van der Waals surface area contributed by atoms with Gasteiger partial charge in [-0.1, -0.05) is 30.7 Å². The summed E-state index contributed by atoms with van der Waals surface area (Å²) in [5.74, 6) is -0.941. The van der Waals surface area contributed by atoms with Crippen molar-refractivity contribution in [2.24, 2.45) is 0 Å². The number of hydrogen-bond acceptors (Lipinski definition) is 7. The fraction of sp³-hybridized carbons (Fsp3) is 0.190. The highest BCUT2D eigenvalue weighted by Gasteiger charge is 2.20. The summed E-state index contributed by atoms with van der Waals surface area (Å²) >= 11 is 7.00. The van der Waals surface area contributed by atoms with Gasteiger partial charge in [0.2, 0.25) is 5.91 Å². The molecular weight excluding hydrogens is 442 g/mol. The molecule has 0 spiro atoms. The number of nitrogens with zero attached hydrogens (tertiary/aromatic N) is 3. The number of anilines is 2. The molecule has 0 unspecified atom stereocenters. The molecule has 0 saturated heterocycles. The van der Waals surface area contributed by atoms with Crippen LogP contribution in [0.2, 0.25) is 5.02 Å². The summed E-state index contributed by atoms with van der Waals surface area (Å²) < 4.78 is 5.21. The van der Waals surface area contributed by atoms with E-state index in [9.17, 15) is 19.7 Å². The number of aromatic nitrogens is 1. The van der Waals surface area contributed by atoms with Crippen LogP contribution in [-0.2, 0) is 22.6 Å². The highest BCUT2D eigenvalue weighted by Crippen LogP contribution is 2.30. The van der Waals surface area contributed by atoms with Gasteiger partial charge < -0.3 is 4.74 Å². The number of nitro groups is 1. The van der Waals surface area contributed by atoms with Gasteiger partial charge in [-0.05, 0) is 36.2 Å². The van der Waals surface area contributed by atoms with E-state index in [2.05, 4.69) is 4.98 Å². The number of halogens is 1. The van der Waals surface area contributed by atoms with Gasteiger partial charge >= 0.3 is 5.97 Å². The average molecular weight is 460 g/mol. The zero-order chi connectivity index (χ0) is 22.5. The predicted molar refractivity (Wildman–Crippen MR) is 118 cm³/mol. The molecule has 1 heterocycles. The Morgan fingerprint density at radius 2 is 1.94 bits per heavy atom. The second-order valence-corrected chi connectivity index (χ2v) is 7.74. The molecule has 0 aliphatic heterocycles. The Kier molecular flexibility index (Phi) is 6.98. The zero-order valence-corrected chi connectivity index (χ0v) is 18.3. The smallest absolute Gasteiger partial charge is 0.338 e. The largest absolute Gasteiger partial charge is 0.456 e. The van der Waals surface area contributed by atoms with Gasteiger partial charge in [0.15, 0.2) is 5.13 Å². The van der Waals surface area contributed by atoms with Gasteiger partial charge in [-0.25, -0.2) is 9.78 Å². The van der Waals surface area contributed by atoms with Crippen LogP contribution in [0.15, 0.2) is 47.8 Å². The number of benzene rings is 2. The second kappa shape index (κ2) is 9.67. The number of esters is 1. The van der Waals surface area contributed by atoms with Crippen molar-refractivity contribution in [2.75, 3.05) is 4.90 Å². The van der Waals surface area contributed by atoms with Crippen LogP contribution in [0.4, 0.5) is 16.5 Å². The molecule has 0 atom stereocenters. The molecule has 3 rings (SSSR count). The molecule has 1 amide bonds. The number of carbonyl (C=O) groups excluding carboxylic acids is 2. The number of thiazole rings is 1. The first-order chi connectivity index (χ1) is 14.8. The van der Waals surface area contributed by atoms with Gasteiger partial charge in [-0.3, -0.25) is 19.8 Å². The van der Waals surface area contributed by atoms with E-state index in [1.54, 1.807) is 5.38 Å². The molecule has 8 nitrogen and oxygen atoms in total. The van der Waals surface area contributed by atoms with Crippen LogP contribution in [0.1, 0.15) is 35.5 Å². The highest BCUT2D eigenvalue weighted by atomic mass is 35.5. The lowest BCUT2D eigenvalue weighted by Gasteiger charge is -2.18. The number of hydrogen-bond donors (Lipinski definition) is 0. The van der Waals surface area contributed by atoms with Crippen molar-refractivity contribution in [3.05, 3.63) is 79.8 Å². The molecule has 160 valence electrons. The number of ether oxygens (including phenoxy) is 1. The third-order valence-corrected chi connectivity index (χ3v) is 5.57. The monoisotopic (exact) mass is 459 g/mol. The summed E-state index contributed by atoms with van der Waals surface area (Å²) in [7, 11) is 0. The Morgan fingerprint density at radius 3 is 2.55 bits per heavy atom. The predicted octanol–water partition coefficient (Wildman–Crippen LogP) is 5.31. The molecule has 0 saturated carbocycles. The van der Waals surface area contributed by atoms with Crippen molar-refractivity contribution in [3.63, 3.8) is 0 Å². The van der Waals surface area contributed by atoms with Crippen molar-refractivity contribution < 1.29 is 19.2 Å². The summed E-state index contributed by atoms with van der Waals surface area (Å²) in [5, 5.41) is 13.0. The van der Waals surface area contributed by atoms with Gasteiger partial charge in [-0.2, -0.15) is 0 Å². The second-order valence-electron chi connectivity index (χ2n) is 6.50. The van der Waals surface area contributed by atoms with E-state index < -0.39 is 10.9 Å². The summed E-state index contributed by atoms with van der Waals surface area (Å²) in [5.41, 5.74) is 1.93. The van der Waals surface area contributed by atoms with E-state index in [4.69, 9.17) is 16.3 Å². The summed E-state index contributed by atoms with van der Waals surface area (Å²) in [6, 6.07) is 11.3. The van der Waals surface area contributed by atoms with Crippen LogP contribution in [0.25, 0.3) is 0 Å². The molecule has 0 aliphatic rings.